The van der Waals surface area contributed by atoms with Crippen molar-refractivity contribution in [2.45, 2.75) is 52.4 Å². The summed E-state index contributed by atoms with van der Waals surface area (Å²) < 4.78 is 11.8. The van der Waals surface area contributed by atoms with Crippen LogP contribution < -0.4 is 10.1 Å². The van der Waals surface area contributed by atoms with Gasteiger partial charge in [-0.3, -0.25) is 4.79 Å². The minimum Gasteiger partial charge on any atom is -0.481 e. The van der Waals surface area contributed by atoms with Crippen molar-refractivity contribution in [2.24, 2.45) is 5.41 Å². The summed E-state index contributed by atoms with van der Waals surface area (Å²) >= 11 is 0. The van der Waals surface area contributed by atoms with E-state index < -0.39 is 0 Å². The molecule has 3 aromatic rings. The fraction of sp³-hybridized carbons (Fsp3) is 0.565. The van der Waals surface area contributed by atoms with Gasteiger partial charge in [-0.05, 0) is 43.1 Å². The Morgan fingerprint density at radius 3 is 2.90 bits per heavy atom. The zero-order chi connectivity index (χ0) is 21.6. The second-order valence-corrected chi connectivity index (χ2v) is 9.37. The molecule has 2 aliphatic rings. The maximum Gasteiger partial charge on any atom is 0.232 e. The van der Waals surface area contributed by atoms with Crippen LogP contribution in [-0.2, 0) is 17.6 Å². The van der Waals surface area contributed by atoms with Gasteiger partial charge in [-0.2, -0.15) is 4.98 Å². The van der Waals surface area contributed by atoms with Gasteiger partial charge in [-0.25, -0.2) is 9.97 Å². The van der Waals surface area contributed by atoms with Gasteiger partial charge in [0.25, 0.3) is 0 Å². The molecule has 0 unspecified atom stereocenters. The highest BCUT2D eigenvalue weighted by molar-refractivity contribution is 6.06. The number of pyridine rings is 1. The van der Waals surface area contributed by atoms with Crippen LogP contribution in [0.1, 0.15) is 50.7 Å². The molecule has 0 radical (unpaired) electrons. The van der Waals surface area contributed by atoms with Gasteiger partial charge in [0.05, 0.1) is 12.5 Å². The van der Waals surface area contributed by atoms with E-state index >= 15 is 0 Å². The third kappa shape index (κ3) is 3.58. The highest BCUT2D eigenvalue weighted by atomic mass is 16.5. The summed E-state index contributed by atoms with van der Waals surface area (Å²) in [6.07, 6.45) is 7.05. The van der Waals surface area contributed by atoms with Gasteiger partial charge < -0.3 is 19.4 Å². The monoisotopic (exact) mass is 423 g/mol. The maximum atomic E-state index is 11.8. The van der Waals surface area contributed by atoms with Gasteiger partial charge in [0, 0.05) is 31.6 Å². The number of nitrogens with zero attached hydrogens (tertiary/aromatic N) is 4. The first-order chi connectivity index (χ1) is 15.0. The standard InChI is InChI=1S/C23H29N5O3/c1-23(2)8-7-14-15(12-23)17-18-19(31-22(17)27-21(14)30-3)20(26-13-25-18)24-9-5-11-28-10-4-6-16(28)29/h13H,4-12H2,1-3H3,(H,24,25,26). The molecule has 1 fully saturated rings. The quantitative estimate of drug-likeness (QED) is 0.604. The molecule has 1 aliphatic carbocycles. The smallest absolute Gasteiger partial charge is 0.232 e. The Bertz CT molecular complexity index is 1150. The van der Waals surface area contributed by atoms with Crippen molar-refractivity contribution in [1.82, 2.24) is 19.9 Å². The van der Waals surface area contributed by atoms with E-state index in [1.807, 2.05) is 4.90 Å². The average Bonchev–Trinajstić information content (AvgIpc) is 3.33. The largest absolute Gasteiger partial charge is 0.481 e. The number of amides is 1. The Morgan fingerprint density at radius 1 is 1.26 bits per heavy atom. The topological polar surface area (TPSA) is 93.4 Å². The van der Waals surface area contributed by atoms with Gasteiger partial charge in [0.2, 0.25) is 17.5 Å². The van der Waals surface area contributed by atoms with Crippen LogP contribution in [0.15, 0.2) is 10.7 Å². The normalized spacial score (nSPS) is 18.0. The molecule has 164 valence electrons. The predicted molar refractivity (Wildman–Crippen MR) is 118 cm³/mol. The first kappa shape index (κ1) is 20.0. The predicted octanol–water partition coefficient (Wildman–Crippen LogP) is 3.72. The van der Waals surface area contributed by atoms with Crippen LogP contribution in [-0.4, -0.2) is 52.5 Å². The van der Waals surface area contributed by atoms with Crippen LogP contribution in [0.4, 0.5) is 5.82 Å². The molecule has 1 aliphatic heterocycles. The number of nitrogens with one attached hydrogen (secondary N) is 1. The zero-order valence-electron chi connectivity index (χ0n) is 18.5. The van der Waals surface area contributed by atoms with Crippen molar-refractivity contribution < 1.29 is 13.9 Å². The Hall–Kier alpha value is -2.90. The molecule has 0 bridgehead atoms. The van der Waals surface area contributed by atoms with Crippen molar-refractivity contribution in [1.29, 1.82) is 0 Å². The number of likely N-dealkylation sites (tertiary alicyclic amines) is 1. The molecular formula is C23H29N5O3. The lowest BCUT2D eigenvalue weighted by Gasteiger charge is -2.31. The lowest BCUT2D eigenvalue weighted by atomic mass is 9.74. The van der Waals surface area contributed by atoms with Gasteiger partial charge in [0.15, 0.2) is 11.4 Å². The molecule has 0 saturated carbocycles. The number of ether oxygens (including phenoxy) is 1. The Morgan fingerprint density at radius 2 is 2.13 bits per heavy atom. The van der Waals surface area contributed by atoms with Gasteiger partial charge >= 0.3 is 0 Å². The number of anilines is 1. The van der Waals surface area contributed by atoms with Gasteiger partial charge in [-0.15, -0.1) is 0 Å². The van der Waals surface area contributed by atoms with Crippen LogP contribution in [0, 0.1) is 5.41 Å². The zero-order valence-corrected chi connectivity index (χ0v) is 18.5. The molecule has 0 atom stereocenters. The number of rotatable bonds is 6. The lowest BCUT2D eigenvalue weighted by Crippen LogP contribution is -2.27. The van der Waals surface area contributed by atoms with Crippen LogP contribution >= 0.6 is 0 Å². The molecule has 31 heavy (non-hydrogen) atoms. The second kappa shape index (κ2) is 7.66. The van der Waals surface area contributed by atoms with Crippen LogP contribution in [0.25, 0.3) is 22.2 Å². The van der Waals surface area contributed by atoms with Gasteiger partial charge in [-0.1, -0.05) is 13.8 Å². The number of aromatic nitrogens is 3. The Balaban J connectivity index is 1.47. The summed E-state index contributed by atoms with van der Waals surface area (Å²) in [6.45, 7) is 6.93. The third-order valence-corrected chi connectivity index (χ3v) is 6.55. The van der Waals surface area contributed by atoms with E-state index in [1.165, 1.54) is 11.1 Å². The molecule has 0 aromatic carbocycles. The molecule has 1 saturated heterocycles. The summed E-state index contributed by atoms with van der Waals surface area (Å²) in [5, 5.41) is 4.35. The van der Waals surface area contributed by atoms with Crippen molar-refractivity contribution in [2.75, 3.05) is 32.1 Å². The molecule has 1 N–H and O–H groups in total. The SMILES string of the molecule is COc1nc2oc3c(NCCCN4CCCC4=O)ncnc3c2c2c1CCC(C)(C)C2. The van der Waals surface area contributed by atoms with Gasteiger partial charge in [0.1, 0.15) is 11.8 Å². The Kier molecular flexibility index (Phi) is 4.95. The van der Waals surface area contributed by atoms with E-state index in [-0.39, 0.29) is 11.3 Å². The van der Waals surface area contributed by atoms with E-state index in [1.54, 1.807) is 13.4 Å². The third-order valence-electron chi connectivity index (χ3n) is 6.55. The molecular weight excluding hydrogens is 394 g/mol. The molecule has 5 rings (SSSR count). The number of furan rings is 1. The summed E-state index contributed by atoms with van der Waals surface area (Å²) in [5.74, 6) is 1.57. The summed E-state index contributed by atoms with van der Waals surface area (Å²) in [6, 6.07) is 0. The minimum atomic E-state index is 0.205. The number of hydrogen-bond acceptors (Lipinski definition) is 7. The first-order valence-corrected chi connectivity index (χ1v) is 11.1. The highest BCUT2D eigenvalue weighted by Crippen LogP contribution is 2.44. The minimum absolute atomic E-state index is 0.205. The van der Waals surface area contributed by atoms with E-state index in [0.29, 0.717) is 36.0 Å². The summed E-state index contributed by atoms with van der Waals surface area (Å²) in [5.41, 5.74) is 4.58. The second-order valence-electron chi connectivity index (χ2n) is 9.37. The van der Waals surface area contributed by atoms with Crippen molar-refractivity contribution in [3.63, 3.8) is 0 Å². The first-order valence-electron chi connectivity index (χ1n) is 11.1. The van der Waals surface area contributed by atoms with E-state index in [2.05, 4.69) is 34.1 Å². The number of hydrogen-bond donors (Lipinski definition) is 1. The highest BCUT2D eigenvalue weighted by Gasteiger charge is 2.32. The average molecular weight is 424 g/mol. The Labute approximate surface area is 181 Å². The maximum absolute atomic E-state index is 11.8. The number of fused-ring (bicyclic) bond motifs is 5. The molecule has 1 amide bonds. The summed E-state index contributed by atoms with van der Waals surface area (Å²) in [4.78, 5) is 27.4. The van der Waals surface area contributed by atoms with E-state index in [9.17, 15) is 4.79 Å². The van der Waals surface area contributed by atoms with Crippen molar-refractivity contribution in [3.05, 3.63) is 17.5 Å². The van der Waals surface area contributed by atoms with Crippen LogP contribution in [0.3, 0.4) is 0 Å². The van der Waals surface area contributed by atoms with Crippen molar-refractivity contribution in [3.8, 4) is 5.88 Å². The molecule has 8 heteroatoms. The molecule has 8 nitrogen and oxygen atoms in total. The number of methoxy groups -OCH3 is 1. The summed E-state index contributed by atoms with van der Waals surface area (Å²) in [7, 11) is 1.66. The fourth-order valence-corrected chi connectivity index (χ4v) is 4.88. The fourth-order valence-electron chi connectivity index (χ4n) is 4.88. The van der Waals surface area contributed by atoms with Crippen molar-refractivity contribution >= 4 is 33.9 Å². The lowest BCUT2D eigenvalue weighted by molar-refractivity contribution is -0.127. The van der Waals surface area contributed by atoms with E-state index in [4.69, 9.17) is 9.15 Å². The van der Waals surface area contributed by atoms with E-state index in [0.717, 1.165) is 56.1 Å². The number of carbonyl (C=O) groups excluding carboxylic acids is 1. The van der Waals surface area contributed by atoms with Crippen LogP contribution in [0.5, 0.6) is 5.88 Å². The molecule has 0 spiro atoms. The molecule has 3 aromatic heterocycles. The van der Waals surface area contributed by atoms with Crippen LogP contribution in [0.2, 0.25) is 0 Å². The number of carbonyl (C=O) groups is 1. The molecule has 4 heterocycles.